The normalized spacial score (nSPS) is 10.6. The highest BCUT2D eigenvalue weighted by Crippen LogP contribution is 2.03. The highest BCUT2D eigenvalue weighted by molar-refractivity contribution is 9.10. The van der Waals surface area contributed by atoms with Crippen LogP contribution in [0.3, 0.4) is 0 Å². The minimum atomic E-state index is 0.859. The number of nitrogens with zero attached hydrogens (tertiary/aromatic N) is 3. The van der Waals surface area contributed by atoms with Crippen molar-refractivity contribution >= 4 is 47.9 Å². The lowest BCUT2D eigenvalue weighted by molar-refractivity contribution is 1.15. The Labute approximate surface area is 86.4 Å². The van der Waals surface area contributed by atoms with E-state index in [0.717, 1.165) is 28.7 Å². The van der Waals surface area contributed by atoms with E-state index in [1.807, 2.05) is 20.2 Å². The Hall–Kier alpha value is -0.770. The summed E-state index contributed by atoms with van der Waals surface area (Å²) in [6.07, 6.45) is 3.80. The van der Waals surface area contributed by atoms with Crippen LogP contribution in [0.4, 0.5) is 0 Å². The Balaban J connectivity index is 2.84. The Kier molecular flexibility index (Phi) is 2.15. The largest absolute Gasteiger partial charge is 0.310 e. The maximum atomic E-state index is 4.37. The van der Waals surface area contributed by atoms with Gasteiger partial charge in [0.05, 0.1) is 0 Å². The molecule has 0 saturated heterocycles. The number of aromatic nitrogens is 3. The summed E-state index contributed by atoms with van der Waals surface area (Å²) in [7, 11) is 2.94. The van der Waals surface area contributed by atoms with Gasteiger partial charge >= 0.3 is 0 Å². The number of halogens is 1. The molecule has 0 aliphatic rings. The van der Waals surface area contributed by atoms with Crippen molar-refractivity contribution in [3.63, 3.8) is 0 Å². The molecule has 3 nitrogen and oxygen atoms in total. The minimum Gasteiger partial charge on any atom is -0.310 e. The zero-order valence-corrected chi connectivity index (χ0v) is 9.17. The average Bonchev–Trinajstić information content (AvgIpc) is 2.47. The molecule has 0 aliphatic carbocycles. The molecule has 0 unspecified atom stereocenters. The first-order chi connectivity index (χ1) is 6.22. The van der Waals surface area contributed by atoms with Gasteiger partial charge in [0.2, 0.25) is 0 Å². The summed E-state index contributed by atoms with van der Waals surface area (Å²) in [5.41, 5.74) is 3.12. The monoisotopic (exact) mass is 235 g/mol. The summed E-state index contributed by atoms with van der Waals surface area (Å²) in [4.78, 5) is 8.68. The van der Waals surface area contributed by atoms with Crippen molar-refractivity contribution in [3.8, 4) is 0 Å². The van der Waals surface area contributed by atoms with E-state index in [4.69, 9.17) is 0 Å². The molecule has 64 valence electrons. The lowest BCUT2D eigenvalue weighted by Crippen LogP contribution is -2.22. The number of rotatable bonds is 1. The molecule has 0 radical (unpaired) electrons. The van der Waals surface area contributed by atoms with E-state index in [1.54, 1.807) is 0 Å². The number of hydrogen-bond acceptors (Lipinski definition) is 2. The van der Waals surface area contributed by atoms with Crippen LogP contribution in [-0.4, -0.2) is 29.5 Å². The van der Waals surface area contributed by atoms with Crippen molar-refractivity contribution in [2.24, 2.45) is 0 Å². The third-order valence-electron chi connectivity index (χ3n) is 2.05. The minimum absolute atomic E-state index is 0.859. The zero-order chi connectivity index (χ0) is 9.42. The summed E-state index contributed by atoms with van der Waals surface area (Å²) in [5.74, 6) is 0. The molecule has 0 N–H and O–H groups in total. The standard InChI is InChI=1S/C7H8B2BrN3/c1-9-6-7-11-2-4(8)13(7)3-5(10)12-6/h2-3,9H,8H2,1H3. The molecule has 0 saturated carbocycles. The van der Waals surface area contributed by atoms with E-state index in [1.165, 1.54) is 0 Å². The van der Waals surface area contributed by atoms with Crippen LogP contribution >= 0.6 is 15.9 Å². The second-order valence-corrected chi connectivity index (χ2v) is 3.77. The van der Waals surface area contributed by atoms with E-state index < -0.39 is 0 Å². The van der Waals surface area contributed by atoms with E-state index >= 15 is 0 Å². The second-order valence-electron chi connectivity index (χ2n) is 2.96. The Bertz CT molecular complexity index is 454. The number of imidazole rings is 1. The summed E-state index contributed by atoms with van der Waals surface area (Å²) < 4.78 is 2.91. The first-order valence-corrected chi connectivity index (χ1v) is 5.00. The van der Waals surface area contributed by atoms with Crippen LogP contribution in [0.15, 0.2) is 17.0 Å². The van der Waals surface area contributed by atoms with Crippen LogP contribution in [0.1, 0.15) is 0 Å². The highest BCUT2D eigenvalue weighted by Gasteiger charge is 2.06. The van der Waals surface area contributed by atoms with Gasteiger partial charge in [-0.25, -0.2) is 4.98 Å². The van der Waals surface area contributed by atoms with Crippen molar-refractivity contribution in [3.05, 3.63) is 17.0 Å². The molecule has 2 rings (SSSR count). The second kappa shape index (κ2) is 3.18. The molecule has 0 amide bonds. The van der Waals surface area contributed by atoms with Crippen LogP contribution in [0.5, 0.6) is 0 Å². The first kappa shape index (κ1) is 8.81. The molecule has 6 heteroatoms. The van der Waals surface area contributed by atoms with Crippen LogP contribution < -0.4 is 11.2 Å². The Morgan fingerprint density at radius 1 is 1.62 bits per heavy atom. The fourth-order valence-corrected chi connectivity index (χ4v) is 1.79. The lowest BCUT2D eigenvalue weighted by Gasteiger charge is -2.01. The van der Waals surface area contributed by atoms with Crippen molar-refractivity contribution in [1.82, 2.24) is 14.4 Å². The fourth-order valence-electron chi connectivity index (χ4n) is 1.37. The third-order valence-corrected chi connectivity index (χ3v) is 2.43. The highest BCUT2D eigenvalue weighted by atomic mass is 79.9. The van der Waals surface area contributed by atoms with Crippen molar-refractivity contribution in [1.29, 1.82) is 0 Å². The van der Waals surface area contributed by atoms with Gasteiger partial charge in [-0.1, -0.05) is 6.82 Å². The summed E-state index contributed by atoms with van der Waals surface area (Å²) in [5, 5.41) is 0. The fraction of sp³-hybridized carbons (Fsp3) is 0.143. The summed E-state index contributed by atoms with van der Waals surface area (Å²) in [6.45, 7) is 2.08. The molecular formula is C7H8B2BrN3. The van der Waals surface area contributed by atoms with E-state index in [0.29, 0.717) is 0 Å². The zero-order valence-electron chi connectivity index (χ0n) is 7.58. The van der Waals surface area contributed by atoms with Gasteiger partial charge in [0.25, 0.3) is 0 Å². The van der Waals surface area contributed by atoms with E-state index in [9.17, 15) is 0 Å². The van der Waals surface area contributed by atoms with Gasteiger partial charge in [0, 0.05) is 18.0 Å². The molecule has 0 fully saturated rings. The Morgan fingerprint density at radius 3 is 3.08 bits per heavy atom. The molecular weight excluding hydrogens is 228 g/mol. The van der Waals surface area contributed by atoms with Gasteiger partial charge < -0.3 is 4.40 Å². The predicted octanol–water partition coefficient (Wildman–Crippen LogP) is -1.14. The molecule has 0 aromatic carbocycles. The molecule has 2 heterocycles. The van der Waals surface area contributed by atoms with E-state index in [2.05, 4.69) is 37.1 Å². The van der Waals surface area contributed by atoms with Crippen LogP contribution in [0, 0.1) is 0 Å². The Morgan fingerprint density at radius 2 is 2.38 bits per heavy atom. The summed E-state index contributed by atoms with van der Waals surface area (Å²) >= 11 is 3.38. The lowest BCUT2D eigenvalue weighted by atomic mass is 9.78. The predicted molar refractivity (Wildman–Crippen MR) is 61.5 cm³/mol. The van der Waals surface area contributed by atoms with Gasteiger partial charge in [-0.3, -0.25) is 4.98 Å². The molecule has 0 bridgehead atoms. The molecule has 0 aliphatic heterocycles. The molecule has 0 atom stereocenters. The van der Waals surface area contributed by atoms with Crippen LogP contribution in [0.2, 0.25) is 6.82 Å². The third kappa shape index (κ3) is 1.39. The van der Waals surface area contributed by atoms with Gasteiger partial charge in [-0.15, -0.1) is 0 Å². The van der Waals surface area contributed by atoms with Gasteiger partial charge in [0.15, 0.2) is 15.1 Å². The topological polar surface area (TPSA) is 30.2 Å². The number of fused-ring (bicyclic) bond motifs is 1. The van der Waals surface area contributed by atoms with Gasteiger partial charge in [0.1, 0.15) is 10.3 Å². The number of hydrogen-bond donors (Lipinski definition) is 0. The van der Waals surface area contributed by atoms with Crippen molar-refractivity contribution in [2.45, 2.75) is 6.82 Å². The quantitative estimate of drug-likeness (QED) is 0.585. The maximum Gasteiger partial charge on any atom is 0.184 e. The SMILES string of the molecule is Bc1cnc2c(BC)nc(Br)cn12. The smallest absolute Gasteiger partial charge is 0.184 e. The summed E-state index contributed by atoms with van der Waals surface area (Å²) in [6, 6.07) is 0. The first-order valence-electron chi connectivity index (χ1n) is 4.21. The van der Waals surface area contributed by atoms with Gasteiger partial charge in [-0.2, -0.15) is 0 Å². The maximum absolute atomic E-state index is 4.37. The average molecular weight is 236 g/mol. The van der Waals surface area contributed by atoms with Gasteiger partial charge in [-0.05, 0) is 21.5 Å². The van der Waals surface area contributed by atoms with Crippen molar-refractivity contribution in [2.75, 3.05) is 0 Å². The molecule has 13 heavy (non-hydrogen) atoms. The molecule has 2 aromatic rings. The van der Waals surface area contributed by atoms with Crippen LogP contribution in [-0.2, 0) is 0 Å². The van der Waals surface area contributed by atoms with E-state index in [-0.39, 0.29) is 0 Å². The molecule has 0 spiro atoms. The van der Waals surface area contributed by atoms with Crippen LogP contribution in [0.25, 0.3) is 5.65 Å². The van der Waals surface area contributed by atoms with Crippen molar-refractivity contribution < 1.29 is 0 Å². The molecule has 2 aromatic heterocycles.